The van der Waals surface area contributed by atoms with Crippen LogP contribution in [0, 0.1) is 0 Å². The van der Waals surface area contributed by atoms with E-state index in [-0.39, 0.29) is 11.4 Å². The number of carbonyl (C=O) groups is 1. The van der Waals surface area contributed by atoms with Gasteiger partial charge in [0.2, 0.25) is 0 Å². The molecule has 0 aliphatic rings. The number of benzene rings is 1. The minimum absolute atomic E-state index is 0.0476. The Labute approximate surface area is 143 Å². The number of esters is 1. The standard InChI is InChI=1S/C15H10BrF2N3O3/c1-23-14(22)12-11-3-2-4-19-13(11)21(20-12)9-5-8(16)6-10(7-9)24-15(17)18/h2-7,15H,1H3. The molecule has 0 N–H and O–H groups in total. The minimum Gasteiger partial charge on any atom is -0.464 e. The zero-order chi connectivity index (χ0) is 17.3. The second kappa shape index (κ2) is 6.52. The summed E-state index contributed by atoms with van der Waals surface area (Å²) in [5.74, 6) is -0.667. The van der Waals surface area contributed by atoms with Crippen molar-refractivity contribution in [3.8, 4) is 11.4 Å². The highest BCUT2D eigenvalue weighted by molar-refractivity contribution is 9.10. The summed E-state index contributed by atoms with van der Waals surface area (Å²) in [6.07, 6.45) is 1.54. The summed E-state index contributed by atoms with van der Waals surface area (Å²) in [6.45, 7) is -2.95. The van der Waals surface area contributed by atoms with Crippen LogP contribution in [0.2, 0.25) is 0 Å². The van der Waals surface area contributed by atoms with E-state index in [0.29, 0.717) is 21.2 Å². The van der Waals surface area contributed by atoms with Gasteiger partial charge in [0.25, 0.3) is 0 Å². The third-order valence-corrected chi connectivity index (χ3v) is 3.60. The summed E-state index contributed by atoms with van der Waals surface area (Å²) >= 11 is 3.24. The molecule has 0 aliphatic carbocycles. The van der Waals surface area contributed by atoms with Gasteiger partial charge in [-0.25, -0.2) is 14.5 Å². The lowest BCUT2D eigenvalue weighted by atomic mass is 10.2. The summed E-state index contributed by atoms with van der Waals surface area (Å²) in [5, 5.41) is 4.69. The molecule has 0 aliphatic heterocycles. The Balaban J connectivity index is 2.19. The molecule has 0 fully saturated rings. The summed E-state index contributed by atoms with van der Waals surface area (Å²) < 4.78 is 35.9. The van der Waals surface area contributed by atoms with Crippen LogP contribution in [-0.4, -0.2) is 34.5 Å². The number of carbonyl (C=O) groups excluding carboxylic acids is 1. The summed E-state index contributed by atoms with van der Waals surface area (Å²) in [7, 11) is 1.25. The number of nitrogens with zero attached hydrogens (tertiary/aromatic N) is 3. The highest BCUT2D eigenvalue weighted by Gasteiger charge is 2.20. The van der Waals surface area contributed by atoms with Crippen LogP contribution in [0.25, 0.3) is 16.7 Å². The van der Waals surface area contributed by atoms with Crippen molar-refractivity contribution in [2.75, 3.05) is 7.11 Å². The van der Waals surface area contributed by atoms with Crippen molar-refractivity contribution in [3.05, 3.63) is 46.7 Å². The third-order valence-electron chi connectivity index (χ3n) is 3.15. The summed E-state index contributed by atoms with van der Waals surface area (Å²) in [4.78, 5) is 16.1. The van der Waals surface area contributed by atoms with Crippen molar-refractivity contribution in [2.45, 2.75) is 6.61 Å². The topological polar surface area (TPSA) is 66.2 Å². The molecule has 3 aromatic rings. The van der Waals surface area contributed by atoms with E-state index >= 15 is 0 Å². The molecule has 6 nitrogen and oxygen atoms in total. The monoisotopic (exact) mass is 397 g/mol. The number of alkyl halides is 2. The van der Waals surface area contributed by atoms with E-state index in [0.717, 1.165) is 0 Å². The molecule has 2 heterocycles. The van der Waals surface area contributed by atoms with Crippen molar-refractivity contribution < 1.29 is 23.0 Å². The Morgan fingerprint density at radius 3 is 2.83 bits per heavy atom. The van der Waals surface area contributed by atoms with Crippen LogP contribution in [0.3, 0.4) is 0 Å². The van der Waals surface area contributed by atoms with E-state index in [1.165, 1.54) is 30.1 Å². The van der Waals surface area contributed by atoms with Gasteiger partial charge in [0.1, 0.15) is 5.75 Å². The van der Waals surface area contributed by atoms with Crippen LogP contribution in [0.1, 0.15) is 10.5 Å². The predicted octanol–water partition coefficient (Wildman–Crippen LogP) is 3.57. The van der Waals surface area contributed by atoms with Crippen LogP contribution in [0.4, 0.5) is 8.78 Å². The SMILES string of the molecule is COC(=O)c1nn(-c2cc(Br)cc(OC(F)F)c2)c2ncccc12. The number of methoxy groups -OCH3 is 1. The van der Waals surface area contributed by atoms with E-state index < -0.39 is 12.6 Å². The van der Waals surface area contributed by atoms with Gasteiger partial charge < -0.3 is 9.47 Å². The molecule has 0 amide bonds. The van der Waals surface area contributed by atoms with Gasteiger partial charge in [-0.05, 0) is 24.3 Å². The van der Waals surface area contributed by atoms with Gasteiger partial charge >= 0.3 is 12.6 Å². The first-order chi connectivity index (χ1) is 11.5. The molecule has 124 valence electrons. The third kappa shape index (κ3) is 3.07. The number of rotatable bonds is 4. The normalized spacial score (nSPS) is 11.0. The quantitative estimate of drug-likeness (QED) is 0.629. The predicted molar refractivity (Wildman–Crippen MR) is 84.5 cm³/mol. The van der Waals surface area contributed by atoms with E-state index in [2.05, 4.69) is 30.7 Å². The average molecular weight is 398 g/mol. The van der Waals surface area contributed by atoms with E-state index in [9.17, 15) is 13.6 Å². The van der Waals surface area contributed by atoms with Crippen LogP contribution >= 0.6 is 15.9 Å². The zero-order valence-corrected chi connectivity index (χ0v) is 13.8. The van der Waals surface area contributed by atoms with E-state index in [4.69, 9.17) is 4.74 Å². The molecule has 3 rings (SSSR count). The van der Waals surface area contributed by atoms with Crippen LogP contribution in [0.5, 0.6) is 5.75 Å². The Morgan fingerprint density at radius 1 is 1.33 bits per heavy atom. The Kier molecular flexibility index (Phi) is 4.43. The number of ether oxygens (including phenoxy) is 2. The first-order valence-electron chi connectivity index (χ1n) is 6.67. The van der Waals surface area contributed by atoms with Crippen molar-refractivity contribution in [2.24, 2.45) is 0 Å². The Hall–Kier alpha value is -2.55. The van der Waals surface area contributed by atoms with Gasteiger partial charge in [0, 0.05) is 16.7 Å². The number of hydrogen-bond donors (Lipinski definition) is 0. The van der Waals surface area contributed by atoms with Crippen molar-refractivity contribution in [1.29, 1.82) is 0 Å². The fourth-order valence-electron chi connectivity index (χ4n) is 2.22. The maximum absolute atomic E-state index is 12.5. The molecule has 0 bridgehead atoms. The molecule has 0 saturated heterocycles. The van der Waals surface area contributed by atoms with Crippen molar-refractivity contribution in [1.82, 2.24) is 14.8 Å². The van der Waals surface area contributed by atoms with Gasteiger partial charge in [0.05, 0.1) is 18.2 Å². The number of fused-ring (bicyclic) bond motifs is 1. The maximum Gasteiger partial charge on any atom is 0.387 e. The summed E-state index contributed by atoms with van der Waals surface area (Å²) in [5.41, 5.74) is 0.870. The lowest BCUT2D eigenvalue weighted by molar-refractivity contribution is -0.0498. The van der Waals surface area contributed by atoms with Crippen molar-refractivity contribution >= 4 is 32.9 Å². The van der Waals surface area contributed by atoms with Gasteiger partial charge in [-0.2, -0.15) is 13.9 Å². The average Bonchev–Trinajstić information content (AvgIpc) is 2.92. The molecule has 2 aromatic heterocycles. The van der Waals surface area contributed by atoms with Crippen molar-refractivity contribution in [3.63, 3.8) is 0 Å². The van der Waals surface area contributed by atoms with Crippen LogP contribution in [0.15, 0.2) is 41.0 Å². The molecule has 0 radical (unpaired) electrons. The number of pyridine rings is 1. The molecular weight excluding hydrogens is 388 g/mol. The van der Waals surface area contributed by atoms with E-state index in [1.807, 2.05) is 0 Å². The summed E-state index contributed by atoms with van der Waals surface area (Å²) in [6, 6.07) is 7.75. The second-order valence-electron chi connectivity index (χ2n) is 4.65. The molecule has 0 atom stereocenters. The molecule has 9 heteroatoms. The molecule has 1 aromatic carbocycles. The lowest BCUT2D eigenvalue weighted by Crippen LogP contribution is -2.06. The number of halogens is 3. The minimum atomic E-state index is -2.95. The zero-order valence-electron chi connectivity index (χ0n) is 12.2. The molecule has 24 heavy (non-hydrogen) atoms. The second-order valence-corrected chi connectivity index (χ2v) is 5.57. The number of hydrogen-bond acceptors (Lipinski definition) is 5. The smallest absolute Gasteiger partial charge is 0.387 e. The highest BCUT2D eigenvalue weighted by atomic mass is 79.9. The van der Waals surface area contributed by atoms with Gasteiger partial charge in [-0.15, -0.1) is 0 Å². The Bertz CT molecular complexity index is 914. The first kappa shape index (κ1) is 16.3. The fourth-order valence-corrected chi connectivity index (χ4v) is 2.68. The van der Waals surface area contributed by atoms with Crippen LogP contribution in [-0.2, 0) is 4.74 Å². The van der Waals surface area contributed by atoms with Gasteiger partial charge in [0.15, 0.2) is 11.3 Å². The largest absolute Gasteiger partial charge is 0.464 e. The molecule has 0 saturated carbocycles. The maximum atomic E-state index is 12.5. The number of aromatic nitrogens is 3. The lowest BCUT2D eigenvalue weighted by Gasteiger charge is -2.08. The molecule has 0 unspecified atom stereocenters. The first-order valence-corrected chi connectivity index (χ1v) is 7.46. The van der Waals surface area contributed by atoms with Gasteiger partial charge in [-0.1, -0.05) is 15.9 Å². The fraction of sp³-hybridized carbons (Fsp3) is 0.133. The molecular formula is C15H10BrF2N3O3. The molecule has 0 spiro atoms. The van der Waals surface area contributed by atoms with Gasteiger partial charge in [-0.3, -0.25) is 0 Å². The van der Waals surface area contributed by atoms with E-state index in [1.54, 1.807) is 18.2 Å². The Morgan fingerprint density at radius 2 is 2.12 bits per heavy atom. The highest BCUT2D eigenvalue weighted by Crippen LogP contribution is 2.28. The van der Waals surface area contributed by atoms with Crippen LogP contribution < -0.4 is 4.74 Å².